The Labute approximate surface area is 182 Å². The van der Waals surface area contributed by atoms with Crippen molar-refractivity contribution in [1.29, 1.82) is 0 Å². The molecule has 0 bridgehead atoms. The molecule has 2 aliphatic rings. The van der Waals surface area contributed by atoms with E-state index >= 15 is 0 Å². The van der Waals surface area contributed by atoms with Crippen LogP contribution in [-0.4, -0.2) is 70.7 Å². The lowest BCUT2D eigenvalue weighted by Crippen LogP contribution is -2.40. The van der Waals surface area contributed by atoms with Crippen LogP contribution in [0.5, 0.6) is 5.75 Å². The highest BCUT2D eigenvalue weighted by molar-refractivity contribution is 7.89. The molecule has 1 heterocycles. The third-order valence-electron chi connectivity index (χ3n) is 5.25. The van der Waals surface area contributed by atoms with Gasteiger partial charge in [0, 0.05) is 25.2 Å². The molecule has 1 saturated heterocycles. The van der Waals surface area contributed by atoms with Crippen LogP contribution in [0.2, 0.25) is 0 Å². The van der Waals surface area contributed by atoms with Gasteiger partial charge < -0.3 is 19.5 Å². The molecule has 1 saturated carbocycles. The van der Waals surface area contributed by atoms with Crippen molar-refractivity contribution in [2.45, 2.75) is 36.6 Å². The van der Waals surface area contributed by atoms with Crippen molar-refractivity contribution in [2.75, 3.05) is 40.0 Å². The standard InChI is InChI=1S/C21H28N2O7S/c1-28-18-8-6-16(14-19(18)31(26,27)23-10-12-29-13-11-23)7-9-21(25)30-15-20(24)22-17-4-2-3-5-17/h6-9,14,17H,2-5,10-13,15H2,1H3,(H,22,24). The van der Waals surface area contributed by atoms with Crippen LogP contribution in [0.15, 0.2) is 29.2 Å². The van der Waals surface area contributed by atoms with Gasteiger partial charge in [0.15, 0.2) is 6.61 Å². The predicted octanol–water partition coefficient (Wildman–Crippen LogP) is 1.33. The Kier molecular flexibility index (Phi) is 8.05. The van der Waals surface area contributed by atoms with E-state index in [1.165, 1.54) is 29.6 Å². The Balaban J connectivity index is 1.63. The minimum Gasteiger partial charge on any atom is -0.495 e. The first kappa shape index (κ1) is 23.2. The zero-order chi connectivity index (χ0) is 22.3. The number of carbonyl (C=O) groups excluding carboxylic acids is 2. The molecule has 10 heteroatoms. The number of morpholine rings is 1. The van der Waals surface area contributed by atoms with E-state index in [9.17, 15) is 18.0 Å². The summed E-state index contributed by atoms with van der Waals surface area (Å²) in [6, 6.07) is 4.77. The van der Waals surface area contributed by atoms with Crippen LogP contribution in [0.1, 0.15) is 31.2 Å². The highest BCUT2D eigenvalue weighted by Gasteiger charge is 2.29. The summed E-state index contributed by atoms with van der Waals surface area (Å²) in [4.78, 5) is 23.8. The number of nitrogens with zero attached hydrogens (tertiary/aromatic N) is 1. The van der Waals surface area contributed by atoms with E-state index in [2.05, 4.69) is 5.32 Å². The number of nitrogens with one attached hydrogen (secondary N) is 1. The zero-order valence-corrected chi connectivity index (χ0v) is 18.4. The van der Waals surface area contributed by atoms with E-state index < -0.39 is 16.0 Å². The molecular weight excluding hydrogens is 424 g/mol. The lowest BCUT2D eigenvalue weighted by molar-refractivity contribution is -0.144. The number of ether oxygens (including phenoxy) is 3. The summed E-state index contributed by atoms with van der Waals surface area (Å²) >= 11 is 0. The SMILES string of the molecule is COc1ccc(C=CC(=O)OCC(=O)NC2CCCC2)cc1S(=O)(=O)N1CCOCC1. The van der Waals surface area contributed by atoms with E-state index in [4.69, 9.17) is 14.2 Å². The summed E-state index contributed by atoms with van der Waals surface area (Å²) in [5.74, 6) is -0.790. The van der Waals surface area contributed by atoms with Gasteiger partial charge in [-0.1, -0.05) is 18.9 Å². The normalized spacial score (nSPS) is 18.2. The number of carbonyl (C=O) groups is 2. The minimum absolute atomic E-state index is 0.0170. The minimum atomic E-state index is -3.77. The number of hydrogen-bond acceptors (Lipinski definition) is 7. The average molecular weight is 453 g/mol. The van der Waals surface area contributed by atoms with Crippen molar-refractivity contribution in [3.05, 3.63) is 29.8 Å². The molecular formula is C21H28N2O7S. The molecule has 0 aromatic heterocycles. The highest BCUT2D eigenvalue weighted by atomic mass is 32.2. The van der Waals surface area contributed by atoms with E-state index in [-0.39, 0.29) is 42.3 Å². The maximum Gasteiger partial charge on any atom is 0.331 e. The summed E-state index contributed by atoms with van der Waals surface area (Å²) in [5, 5.41) is 2.84. The molecule has 170 valence electrons. The zero-order valence-electron chi connectivity index (χ0n) is 17.5. The third kappa shape index (κ3) is 6.28. The van der Waals surface area contributed by atoms with Gasteiger partial charge in [-0.3, -0.25) is 4.79 Å². The van der Waals surface area contributed by atoms with Gasteiger partial charge in [-0.05, 0) is 36.6 Å². The molecule has 0 unspecified atom stereocenters. The molecule has 9 nitrogen and oxygen atoms in total. The van der Waals surface area contributed by atoms with Crippen LogP contribution >= 0.6 is 0 Å². The number of methoxy groups -OCH3 is 1. The van der Waals surface area contributed by atoms with Crippen LogP contribution in [-0.2, 0) is 29.1 Å². The topological polar surface area (TPSA) is 111 Å². The molecule has 0 spiro atoms. The van der Waals surface area contributed by atoms with Crippen molar-refractivity contribution >= 4 is 28.0 Å². The van der Waals surface area contributed by atoms with Crippen molar-refractivity contribution in [3.63, 3.8) is 0 Å². The van der Waals surface area contributed by atoms with Crippen molar-refractivity contribution < 1.29 is 32.2 Å². The van der Waals surface area contributed by atoms with Gasteiger partial charge in [0.1, 0.15) is 10.6 Å². The lowest BCUT2D eigenvalue weighted by Gasteiger charge is -2.26. The Morgan fingerprint density at radius 3 is 2.61 bits per heavy atom. The van der Waals surface area contributed by atoms with Crippen LogP contribution in [0, 0.1) is 0 Å². The van der Waals surface area contributed by atoms with Gasteiger partial charge >= 0.3 is 5.97 Å². The van der Waals surface area contributed by atoms with Crippen LogP contribution < -0.4 is 10.1 Å². The molecule has 1 aliphatic carbocycles. The third-order valence-corrected chi connectivity index (χ3v) is 7.17. The summed E-state index contributed by atoms with van der Waals surface area (Å²) in [6.45, 7) is 0.850. The molecule has 1 aliphatic heterocycles. The molecule has 1 aromatic carbocycles. The van der Waals surface area contributed by atoms with Crippen molar-refractivity contribution in [1.82, 2.24) is 9.62 Å². The Morgan fingerprint density at radius 1 is 1.23 bits per heavy atom. The van der Waals surface area contributed by atoms with Gasteiger partial charge in [0.25, 0.3) is 5.91 Å². The van der Waals surface area contributed by atoms with Crippen LogP contribution in [0.4, 0.5) is 0 Å². The summed E-state index contributed by atoms with van der Waals surface area (Å²) in [5.41, 5.74) is 0.486. The van der Waals surface area contributed by atoms with E-state index in [0.717, 1.165) is 31.8 Å². The van der Waals surface area contributed by atoms with E-state index in [1.807, 2.05) is 0 Å². The van der Waals surface area contributed by atoms with Crippen molar-refractivity contribution in [2.24, 2.45) is 0 Å². The predicted molar refractivity (Wildman–Crippen MR) is 113 cm³/mol. The average Bonchev–Trinajstić information content (AvgIpc) is 3.29. The number of rotatable bonds is 8. The van der Waals surface area contributed by atoms with Crippen molar-refractivity contribution in [3.8, 4) is 5.75 Å². The first-order valence-electron chi connectivity index (χ1n) is 10.3. The summed E-state index contributed by atoms with van der Waals surface area (Å²) in [7, 11) is -2.37. The monoisotopic (exact) mass is 452 g/mol. The van der Waals surface area contributed by atoms with Crippen LogP contribution in [0.3, 0.4) is 0 Å². The quantitative estimate of drug-likeness (QED) is 0.468. The Bertz CT molecular complexity index is 918. The molecule has 3 rings (SSSR count). The molecule has 1 aromatic rings. The van der Waals surface area contributed by atoms with Gasteiger partial charge in [-0.2, -0.15) is 4.31 Å². The fourth-order valence-corrected chi connectivity index (χ4v) is 5.21. The van der Waals surface area contributed by atoms with E-state index in [1.54, 1.807) is 6.07 Å². The molecule has 31 heavy (non-hydrogen) atoms. The second-order valence-electron chi connectivity index (χ2n) is 7.42. The number of esters is 1. The second-order valence-corrected chi connectivity index (χ2v) is 9.32. The first-order valence-corrected chi connectivity index (χ1v) is 11.7. The molecule has 1 N–H and O–H groups in total. The summed E-state index contributed by atoms with van der Waals surface area (Å²) < 4.78 is 42.8. The highest BCUT2D eigenvalue weighted by Crippen LogP contribution is 2.28. The Morgan fingerprint density at radius 2 is 1.94 bits per heavy atom. The maximum absolute atomic E-state index is 13.0. The smallest absolute Gasteiger partial charge is 0.331 e. The molecule has 1 amide bonds. The van der Waals surface area contributed by atoms with E-state index in [0.29, 0.717) is 18.8 Å². The second kappa shape index (κ2) is 10.7. The van der Waals surface area contributed by atoms with Gasteiger partial charge in [-0.25, -0.2) is 13.2 Å². The number of benzene rings is 1. The molecule has 2 fully saturated rings. The van der Waals surface area contributed by atoms with Gasteiger partial charge in [-0.15, -0.1) is 0 Å². The van der Waals surface area contributed by atoms with Gasteiger partial charge in [0.05, 0.1) is 20.3 Å². The lowest BCUT2D eigenvalue weighted by atomic mass is 10.2. The first-order chi connectivity index (χ1) is 14.9. The number of amides is 1. The van der Waals surface area contributed by atoms with Crippen LogP contribution in [0.25, 0.3) is 6.08 Å². The summed E-state index contributed by atoms with van der Waals surface area (Å²) in [6.07, 6.45) is 6.70. The molecule has 0 atom stereocenters. The fourth-order valence-electron chi connectivity index (χ4n) is 3.61. The fraction of sp³-hybridized carbons (Fsp3) is 0.524. The maximum atomic E-state index is 13.0. The van der Waals surface area contributed by atoms with Gasteiger partial charge in [0.2, 0.25) is 10.0 Å². The number of hydrogen-bond donors (Lipinski definition) is 1. The number of sulfonamides is 1. The largest absolute Gasteiger partial charge is 0.495 e. The Hall–Kier alpha value is -2.43. The molecule has 0 radical (unpaired) electrons.